The van der Waals surface area contributed by atoms with Gasteiger partial charge in [0.2, 0.25) is 0 Å². The van der Waals surface area contributed by atoms with Gasteiger partial charge in [-0.3, -0.25) is 4.79 Å². The Balaban J connectivity index is 0.00000256. The maximum Gasteiger partial charge on any atom is 0.195 e. The van der Waals surface area contributed by atoms with E-state index in [0.29, 0.717) is 11.3 Å². The van der Waals surface area contributed by atoms with Gasteiger partial charge < -0.3 is 27.2 Å². The summed E-state index contributed by atoms with van der Waals surface area (Å²) in [7, 11) is 0. The van der Waals surface area contributed by atoms with E-state index in [-0.39, 0.29) is 16.7 Å². The van der Waals surface area contributed by atoms with Crippen molar-refractivity contribution < 1.29 is 20.5 Å². The molecule has 1 atom stereocenters. The molecule has 0 bridgehead atoms. The first-order valence-corrected chi connectivity index (χ1v) is 4.88. The molecule has 0 aromatic heterocycles. The van der Waals surface area contributed by atoms with Crippen molar-refractivity contribution in [3.8, 4) is 0 Å². The zero-order chi connectivity index (χ0) is 12.5. The number of hydrogen-bond donors (Lipinski definition) is 4. The van der Waals surface area contributed by atoms with Crippen molar-refractivity contribution in [1.82, 2.24) is 0 Å². The van der Waals surface area contributed by atoms with Crippen LogP contribution in [0.1, 0.15) is 21.5 Å². The first-order valence-electron chi connectivity index (χ1n) is 4.88. The van der Waals surface area contributed by atoms with Crippen LogP contribution in [0.25, 0.3) is 0 Å². The van der Waals surface area contributed by atoms with Crippen LogP contribution in [0.3, 0.4) is 0 Å². The highest BCUT2D eigenvalue weighted by atomic mass is 16.3. The first kappa shape index (κ1) is 15.4. The highest BCUT2D eigenvalue weighted by Gasteiger charge is 2.21. The second kappa shape index (κ2) is 5.62. The van der Waals surface area contributed by atoms with Crippen molar-refractivity contribution in [3.05, 3.63) is 22.8 Å². The van der Waals surface area contributed by atoms with Crippen molar-refractivity contribution in [2.75, 3.05) is 18.1 Å². The normalized spacial score (nSPS) is 11.8. The standard InChI is InChI=1S/C11H16N2O3.H2O/c1-5-3-7(11(16)8(15)4-14)10(13)6(2)9(5)12;/h3,8,14-15H,4,12-13H2,1-2H3;1H2. The van der Waals surface area contributed by atoms with Crippen LogP contribution in [0, 0.1) is 13.8 Å². The molecule has 0 radical (unpaired) electrons. The topological polar surface area (TPSA) is 141 Å². The molecule has 0 fully saturated rings. The molecule has 8 N–H and O–H groups in total. The lowest BCUT2D eigenvalue weighted by molar-refractivity contribution is 0.0588. The van der Waals surface area contributed by atoms with Gasteiger partial charge in [-0.15, -0.1) is 0 Å². The van der Waals surface area contributed by atoms with E-state index in [1.165, 1.54) is 6.07 Å². The average Bonchev–Trinajstić information content (AvgIpc) is 2.29. The van der Waals surface area contributed by atoms with E-state index in [4.69, 9.17) is 16.6 Å². The Morgan fingerprint density at radius 1 is 1.35 bits per heavy atom. The molecule has 96 valence electrons. The lowest BCUT2D eigenvalue weighted by Gasteiger charge is -2.14. The number of benzene rings is 1. The number of rotatable bonds is 3. The maximum absolute atomic E-state index is 11.7. The van der Waals surface area contributed by atoms with E-state index in [0.717, 1.165) is 5.56 Å². The van der Waals surface area contributed by atoms with Crippen LogP contribution >= 0.6 is 0 Å². The number of aliphatic hydroxyl groups excluding tert-OH is 2. The fourth-order valence-corrected chi connectivity index (χ4v) is 1.48. The number of aliphatic hydroxyl groups is 2. The molecule has 0 saturated carbocycles. The minimum Gasteiger partial charge on any atom is -0.412 e. The van der Waals surface area contributed by atoms with Gasteiger partial charge in [-0.05, 0) is 31.0 Å². The number of Topliss-reactive ketones (excluding diaryl/α,β-unsaturated/α-hetero) is 1. The Labute approximate surface area is 99.2 Å². The second-order valence-electron chi connectivity index (χ2n) is 3.76. The summed E-state index contributed by atoms with van der Waals surface area (Å²) < 4.78 is 0. The zero-order valence-corrected chi connectivity index (χ0v) is 9.82. The number of nitrogens with two attached hydrogens (primary N) is 2. The molecule has 6 heteroatoms. The number of anilines is 2. The van der Waals surface area contributed by atoms with E-state index in [1.54, 1.807) is 13.8 Å². The van der Waals surface area contributed by atoms with Gasteiger partial charge in [-0.1, -0.05) is 0 Å². The highest BCUT2D eigenvalue weighted by molar-refractivity contribution is 6.05. The smallest absolute Gasteiger partial charge is 0.195 e. The Hall–Kier alpha value is -1.63. The van der Waals surface area contributed by atoms with Gasteiger partial charge in [0.15, 0.2) is 5.78 Å². The second-order valence-corrected chi connectivity index (χ2v) is 3.76. The number of hydrogen-bond acceptors (Lipinski definition) is 5. The van der Waals surface area contributed by atoms with E-state index in [2.05, 4.69) is 0 Å². The zero-order valence-electron chi connectivity index (χ0n) is 9.82. The molecule has 1 unspecified atom stereocenters. The van der Waals surface area contributed by atoms with Crippen LogP contribution in [0.5, 0.6) is 0 Å². The number of nitrogen functional groups attached to an aromatic ring is 2. The monoisotopic (exact) mass is 242 g/mol. The van der Waals surface area contributed by atoms with Gasteiger partial charge in [0.05, 0.1) is 6.61 Å². The number of carbonyl (C=O) groups is 1. The lowest BCUT2D eigenvalue weighted by Crippen LogP contribution is -2.25. The summed E-state index contributed by atoms with van der Waals surface area (Å²) in [6.07, 6.45) is -1.44. The fourth-order valence-electron chi connectivity index (χ4n) is 1.48. The van der Waals surface area contributed by atoms with Crippen LogP contribution < -0.4 is 11.5 Å². The summed E-state index contributed by atoms with van der Waals surface area (Å²) >= 11 is 0. The van der Waals surface area contributed by atoms with Crippen molar-refractivity contribution in [2.24, 2.45) is 0 Å². The molecule has 1 aromatic rings. The summed E-state index contributed by atoms with van der Waals surface area (Å²) in [5.41, 5.74) is 13.8. The SMILES string of the molecule is Cc1cc(C(=O)C(O)CO)c(N)c(C)c1N.O. The van der Waals surface area contributed by atoms with E-state index < -0.39 is 18.5 Å². The third-order valence-corrected chi connectivity index (χ3v) is 2.62. The van der Waals surface area contributed by atoms with Crippen LogP contribution in [-0.2, 0) is 0 Å². The Morgan fingerprint density at radius 2 is 1.88 bits per heavy atom. The van der Waals surface area contributed by atoms with Gasteiger partial charge in [0, 0.05) is 16.9 Å². The molecule has 0 aliphatic carbocycles. The highest BCUT2D eigenvalue weighted by Crippen LogP contribution is 2.27. The molecule has 17 heavy (non-hydrogen) atoms. The van der Waals surface area contributed by atoms with Gasteiger partial charge in [-0.2, -0.15) is 0 Å². The molecule has 0 aliphatic rings. The summed E-state index contributed by atoms with van der Waals surface area (Å²) in [5.74, 6) is -0.591. The third kappa shape index (κ3) is 2.73. The predicted octanol–water partition coefficient (Wildman–Crippen LogP) is -0.821. The van der Waals surface area contributed by atoms with Crippen molar-refractivity contribution in [3.63, 3.8) is 0 Å². The van der Waals surface area contributed by atoms with Crippen molar-refractivity contribution in [1.29, 1.82) is 0 Å². The van der Waals surface area contributed by atoms with Gasteiger partial charge in [0.1, 0.15) is 6.10 Å². The van der Waals surface area contributed by atoms with Crippen LogP contribution in [-0.4, -0.2) is 34.2 Å². The summed E-state index contributed by atoms with van der Waals surface area (Å²) in [4.78, 5) is 11.7. The average molecular weight is 242 g/mol. The minimum absolute atomic E-state index is 0. The summed E-state index contributed by atoms with van der Waals surface area (Å²) in [6, 6.07) is 1.53. The predicted molar refractivity (Wildman–Crippen MR) is 65.8 cm³/mol. The molecule has 6 nitrogen and oxygen atoms in total. The van der Waals surface area contributed by atoms with Crippen molar-refractivity contribution in [2.45, 2.75) is 20.0 Å². The van der Waals surface area contributed by atoms with Crippen molar-refractivity contribution >= 4 is 17.2 Å². The van der Waals surface area contributed by atoms with E-state index in [9.17, 15) is 9.90 Å². The van der Waals surface area contributed by atoms with Gasteiger partial charge in [-0.25, -0.2) is 0 Å². The largest absolute Gasteiger partial charge is 0.412 e. The Morgan fingerprint density at radius 3 is 2.35 bits per heavy atom. The Bertz CT molecular complexity index is 432. The molecule has 1 aromatic carbocycles. The molecule has 0 heterocycles. The quantitative estimate of drug-likeness (QED) is 0.404. The maximum atomic E-state index is 11.7. The molecule has 0 saturated heterocycles. The molecule has 1 rings (SSSR count). The molecule has 0 spiro atoms. The summed E-state index contributed by atoms with van der Waals surface area (Å²) in [5, 5.41) is 18.0. The fraction of sp³-hybridized carbons (Fsp3) is 0.364. The number of aryl methyl sites for hydroxylation is 1. The van der Waals surface area contributed by atoms with E-state index in [1.807, 2.05) is 0 Å². The molecule has 0 aliphatic heterocycles. The van der Waals surface area contributed by atoms with Gasteiger partial charge >= 0.3 is 0 Å². The van der Waals surface area contributed by atoms with Gasteiger partial charge in [0.25, 0.3) is 0 Å². The summed E-state index contributed by atoms with van der Waals surface area (Å²) in [6.45, 7) is 2.84. The van der Waals surface area contributed by atoms with Crippen LogP contribution in [0.15, 0.2) is 6.07 Å². The van der Waals surface area contributed by atoms with E-state index >= 15 is 0 Å². The van der Waals surface area contributed by atoms with Crippen LogP contribution in [0.2, 0.25) is 0 Å². The number of carbonyl (C=O) groups excluding carboxylic acids is 1. The first-order chi connectivity index (χ1) is 7.40. The molecular weight excluding hydrogens is 224 g/mol. The minimum atomic E-state index is -1.44. The Kier molecular flexibility index (Phi) is 5.09. The molecular formula is C11H18N2O4. The van der Waals surface area contributed by atoms with Crippen LogP contribution in [0.4, 0.5) is 11.4 Å². The number of ketones is 1. The molecule has 0 amide bonds. The third-order valence-electron chi connectivity index (χ3n) is 2.62. The lowest BCUT2D eigenvalue weighted by atomic mass is 9.97.